The third kappa shape index (κ3) is 6.53. The maximum Gasteiger partial charge on any atom is 0.305 e. The molecule has 0 saturated carbocycles. The van der Waals surface area contributed by atoms with Crippen molar-refractivity contribution in [3.63, 3.8) is 0 Å². The van der Waals surface area contributed by atoms with Crippen molar-refractivity contribution in [1.29, 1.82) is 0 Å². The van der Waals surface area contributed by atoms with Crippen LogP contribution < -0.4 is 10.1 Å². The lowest BCUT2D eigenvalue weighted by molar-refractivity contribution is -0.140. The second-order valence-electron chi connectivity index (χ2n) is 8.47. The predicted octanol–water partition coefficient (Wildman–Crippen LogP) is 4.60. The van der Waals surface area contributed by atoms with Gasteiger partial charge in [-0.15, -0.1) is 0 Å². The van der Waals surface area contributed by atoms with Gasteiger partial charge in [-0.3, -0.25) is 19.2 Å². The van der Waals surface area contributed by atoms with Gasteiger partial charge in [0.1, 0.15) is 12.6 Å². The molecule has 0 spiro atoms. The number of carboxylic acid groups (broad SMARTS) is 1. The quantitative estimate of drug-likeness (QED) is 0.200. The number of halogens is 4. The first-order valence-corrected chi connectivity index (χ1v) is 11.5. The number of aliphatic carboxylic acids is 1. The molecule has 0 aromatic heterocycles. The van der Waals surface area contributed by atoms with Crippen molar-refractivity contribution < 1.29 is 46.6 Å². The normalized spacial score (nSPS) is 12.6. The summed E-state index contributed by atoms with van der Waals surface area (Å²) < 4.78 is 59.0. The largest absolute Gasteiger partial charge is 0.481 e. The second kappa shape index (κ2) is 12.3. The van der Waals surface area contributed by atoms with Crippen molar-refractivity contribution in [2.24, 2.45) is 5.92 Å². The number of benzene rings is 3. The smallest absolute Gasteiger partial charge is 0.305 e. The molecule has 7 nitrogen and oxygen atoms in total. The first-order chi connectivity index (χ1) is 18.0. The molecular weight excluding hydrogens is 510 g/mol. The number of fused-ring (bicyclic) bond motifs is 1. The minimum atomic E-state index is -1.88. The van der Waals surface area contributed by atoms with Gasteiger partial charge in [-0.1, -0.05) is 49.4 Å². The van der Waals surface area contributed by atoms with E-state index in [4.69, 9.17) is 5.11 Å². The Morgan fingerprint density at radius 3 is 2.18 bits per heavy atom. The summed E-state index contributed by atoms with van der Waals surface area (Å²) in [4.78, 5) is 49.8. The first-order valence-electron chi connectivity index (χ1n) is 11.5. The fraction of sp³-hybridized carbons (Fsp3) is 0.259. The van der Waals surface area contributed by atoms with Crippen LogP contribution in [0.25, 0.3) is 10.8 Å². The minimum absolute atomic E-state index is 0.0444. The van der Waals surface area contributed by atoms with E-state index in [0.29, 0.717) is 10.9 Å². The molecule has 38 heavy (non-hydrogen) atoms. The highest BCUT2D eigenvalue weighted by atomic mass is 19.2. The molecule has 3 aromatic rings. The van der Waals surface area contributed by atoms with E-state index in [9.17, 15) is 36.7 Å². The van der Waals surface area contributed by atoms with E-state index < -0.39 is 71.7 Å². The number of Topliss-reactive ketones (excluding diaryl/α,β-unsaturated/α-hetero) is 2. The average molecular weight is 533 g/mol. The summed E-state index contributed by atoms with van der Waals surface area (Å²) in [7, 11) is 0. The SMILES string of the molecule is CCC(CC(=O)c1cccc2ccccc12)C(=O)NC(CC(=O)O)C(=O)COc1c(F)c(F)cc(F)c1F. The maximum absolute atomic E-state index is 13.8. The highest BCUT2D eigenvalue weighted by Gasteiger charge is 2.30. The van der Waals surface area contributed by atoms with Crippen molar-refractivity contribution in [1.82, 2.24) is 5.32 Å². The Balaban J connectivity index is 1.72. The number of amides is 1. The Bertz CT molecular complexity index is 1360. The molecule has 0 aliphatic rings. The lowest BCUT2D eigenvalue weighted by Crippen LogP contribution is -2.46. The molecule has 3 aromatic carbocycles. The molecule has 11 heteroatoms. The number of nitrogens with one attached hydrogen (secondary N) is 1. The zero-order valence-corrected chi connectivity index (χ0v) is 20.1. The molecule has 0 aliphatic heterocycles. The van der Waals surface area contributed by atoms with Crippen LogP contribution >= 0.6 is 0 Å². The van der Waals surface area contributed by atoms with Crippen LogP contribution in [0.3, 0.4) is 0 Å². The molecule has 200 valence electrons. The van der Waals surface area contributed by atoms with E-state index in [1.54, 1.807) is 31.2 Å². The van der Waals surface area contributed by atoms with Gasteiger partial charge in [0.15, 0.2) is 29.0 Å². The van der Waals surface area contributed by atoms with Crippen molar-refractivity contribution >= 4 is 34.2 Å². The summed E-state index contributed by atoms with van der Waals surface area (Å²) in [6.45, 7) is 0.433. The monoisotopic (exact) mass is 533 g/mol. The van der Waals surface area contributed by atoms with Gasteiger partial charge in [-0.05, 0) is 17.2 Å². The highest BCUT2D eigenvalue weighted by molar-refractivity contribution is 6.09. The summed E-state index contributed by atoms with van der Waals surface area (Å²) in [6.07, 6.45) is -0.976. The van der Waals surface area contributed by atoms with Gasteiger partial charge in [0, 0.05) is 24.0 Å². The number of hydrogen-bond acceptors (Lipinski definition) is 5. The lowest BCUT2D eigenvalue weighted by Gasteiger charge is -2.20. The molecule has 0 heterocycles. The third-order valence-electron chi connectivity index (χ3n) is 5.90. The highest BCUT2D eigenvalue weighted by Crippen LogP contribution is 2.27. The van der Waals surface area contributed by atoms with Crippen LogP contribution in [0.2, 0.25) is 0 Å². The van der Waals surface area contributed by atoms with Crippen molar-refractivity contribution in [3.05, 3.63) is 77.4 Å². The number of carboxylic acids is 1. The van der Waals surface area contributed by atoms with E-state index in [0.717, 1.165) is 5.39 Å². The maximum atomic E-state index is 13.8. The van der Waals surface area contributed by atoms with Gasteiger partial charge < -0.3 is 15.2 Å². The van der Waals surface area contributed by atoms with Gasteiger partial charge in [-0.2, -0.15) is 8.78 Å². The van der Waals surface area contributed by atoms with Gasteiger partial charge in [0.05, 0.1) is 6.42 Å². The van der Waals surface area contributed by atoms with E-state index in [2.05, 4.69) is 10.1 Å². The van der Waals surface area contributed by atoms with E-state index >= 15 is 0 Å². The van der Waals surface area contributed by atoms with Gasteiger partial charge in [0.25, 0.3) is 0 Å². The number of ketones is 2. The zero-order valence-electron chi connectivity index (χ0n) is 20.1. The van der Waals surface area contributed by atoms with Crippen LogP contribution in [0.5, 0.6) is 5.75 Å². The van der Waals surface area contributed by atoms with Crippen LogP contribution in [0.15, 0.2) is 48.5 Å². The summed E-state index contributed by atoms with van der Waals surface area (Å²) in [5.74, 6) is -13.5. The number of hydrogen-bond donors (Lipinski definition) is 2. The van der Waals surface area contributed by atoms with E-state index in [1.165, 1.54) is 0 Å². The van der Waals surface area contributed by atoms with E-state index in [1.807, 2.05) is 18.2 Å². The van der Waals surface area contributed by atoms with Crippen LogP contribution in [0.1, 0.15) is 36.5 Å². The molecule has 0 bridgehead atoms. The minimum Gasteiger partial charge on any atom is -0.481 e. The molecular formula is C27H23F4NO6. The van der Waals surface area contributed by atoms with Gasteiger partial charge >= 0.3 is 5.97 Å². The fourth-order valence-corrected chi connectivity index (χ4v) is 3.86. The molecule has 1 amide bonds. The topological polar surface area (TPSA) is 110 Å². The van der Waals surface area contributed by atoms with Gasteiger partial charge in [0.2, 0.25) is 17.5 Å². The third-order valence-corrected chi connectivity index (χ3v) is 5.90. The number of carbonyl (C=O) groups excluding carboxylic acids is 3. The Hall–Kier alpha value is -4.28. The lowest BCUT2D eigenvalue weighted by atomic mass is 9.92. The first kappa shape index (κ1) is 28.3. The van der Waals surface area contributed by atoms with Gasteiger partial charge in [-0.25, -0.2) is 8.78 Å². The average Bonchev–Trinajstić information content (AvgIpc) is 2.89. The van der Waals surface area contributed by atoms with Crippen LogP contribution in [-0.2, 0) is 14.4 Å². The second-order valence-corrected chi connectivity index (χ2v) is 8.47. The van der Waals surface area contributed by atoms with Crippen LogP contribution in [0, 0.1) is 29.2 Å². The molecule has 2 unspecified atom stereocenters. The fourth-order valence-electron chi connectivity index (χ4n) is 3.86. The summed E-state index contributed by atoms with van der Waals surface area (Å²) in [5, 5.41) is 12.9. The number of ether oxygens (including phenoxy) is 1. The van der Waals surface area contributed by atoms with Crippen LogP contribution in [-0.4, -0.2) is 41.2 Å². The van der Waals surface area contributed by atoms with Crippen molar-refractivity contribution in [2.75, 3.05) is 6.61 Å². The van der Waals surface area contributed by atoms with Crippen LogP contribution in [0.4, 0.5) is 17.6 Å². The molecule has 0 radical (unpaired) electrons. The molecule has 3 rings (SSSR count). The zero-order chi connectivity index (χ0) is 28.0. The molecule has 0 saturated heterocycles. The Morgan fingerprint density at radius 1 is 0.921 bits per heavy atom. The Morgan fingerprint density at radius 2 is 1.55 bits per heavy atom. The Labute approximate surface area is 214 Å². The number of rotatable bonds is 12. The Kier molecular flexibility index (Phi) is 9.16. The molecule has 2 N–H and O–H groups in total. The molecule has 0 aliphatic carbocycles. The summed E-state index contributed by atoms with van der Waals surface area (Å²) >= 11 is 0. The van der Waals surface area contributed by atoms with Crippen molar-refractivity contribution in [3.8, 4) is 5.75 Å². The summed E-state index contributed by atoms with van der Waals surface area (Å²) in [6, 6.07) is 10.6. The number of carbonyl (C=O) groups is 4. The predicted molar refractivity (Wildman–Crippen MR) is 128 cm³/mol. The molecule has 2 atom stereocenters. The summed E-state index contributed by atoms with van der Waals surface area (Å²) in [5.41, 5.74) is 0.396. The van der Waals surface area contributed by atoms with Crippen molar-refractivity contribution in [2.45, 2.75) is 32.2 Å². The standard InChI is InChI=1S/C27H23F4NO6/c1-2-14(10-21(33)17-9-5-7-15-6-3-4-8-16(15)17)27(37)32-20(12-23(35)36)22(34)13-38-26-24(30)18(28)11-19(29)25(26)31/h3-9,11,14,20H,2,10,12-13H2,1H3,(H,32,37)(H,35,36). The molecule has 0 fully saturated rings. The van der Waals surface area contributed by atoms with E-state index in [-0.39, 0.29) is 24.7 Å².